The van der Waals surface area contributed by atoms with E-state index in [-0.39, 0.29) is 0 Å². The summed E-state index contributed by atoms with van der Waals surface area (Å²) in [7, 11) is 0. The van der Waals surface area contributed by atoms with Crippen LogP contribution in [0, 0.1) is 17.8 Å². The molecule has 5 rings (SSSR count). The Morgan fingerprint density at radius 3 is 2.90 bits per heavy atom. The Balaban J connectivity index is 1.30. The van der Waals surface area contributed by atoms with Gasteiger partial charge in [-0.15, -0.1) is 0 Å². The number of hydrogen-bond acceptors (Lipinski definition) is 3. The third kappa shape index (κ3) is 1.78. The monoisotopic (exact) mass is 290 g/mol. The molecule has 0 aromatic heterocycles. The van der Waals surface area contributed by atoms with Crippen molar-refractivity contribution in [3.63, 3.8) is 0 Å². The van der Waals surface area contributed by atoms with Gasteiger partial charge in [-0.1, -0.05) is 12.8 Å². The van der Waals surface area contributed by atoms with Crippen LogP contribution in [0.3, 0.4) is 0 Å². The third-order valence-electron chi connectivity index (χ3n) is 6.98. The van der Waals surface area contributed by atoms with E-state index >= 15 is 0 Å². The third-order valence-corrected chi connectivity index (χ3v) is 6.98. The molecule has 116 valence electrons. The molecule has 5 aliphatic rings. The fourth-order valence-corrected chi connectivity index (χ4v) is 6.03. The van der Waals surface area contributed by atoms with Crippen molar-refractivity contribution in [1.29, 1.82) is 0 Å². The lowest BCUT2D eigenvalue weighted by Gasteiger charge is -2.53. The van der Waals surface area contributed by atoms with Crippen LogP contribution in [0.5, 0.6) is 0 Å². The van der Waals surface area contributed by atoms with E-state index in [1.165, 1.54) is 44.9 Å². The summed E-state index contributed by atoms with van der Waals surface area (Å²) in [5, 5.41) is 0. The van der Waals surface area contributed by atoms with E-state index in [0.29, 0.717) is 30.0 Å². The lowest BCUT2D eigenvalue weighted by molar-refractivity contribution is -0.173. The summed E-state index contributed by atoms with van der Waals surface area (Å²) >= 11 is 0. The van der Waals surface area contributed by atoms with E-state index in [2.05, 4.69) is 9.80 Å². The minimum Gasteiger partial charge on any atom is -0.375 e. The van der Waals surface area contributed by atoms with Crippen molar-refractivity contribution < 1.29 is 9.53 Å². The number of fused-ring (bicyclic) bond motifs is 6. The first-order valence-electron chi connectivity index (χ1n) is 8.99. The minimum atomic E-state index is 0.409. The van der Waals surface area contributed by atoms with Crippen molar-refractivity contribution in [2.24, 2.45) is 17.8 Å². The van der Waals surface area contributed by atoms with Crippen molar-refractivity contribution in [2.75, 3.05) is 19.8 Å². The van der Waals surface area contributed by atoms with E-state index in [1.807, 2.05) is 0 Å². The van der Waals surface area contributed by atoms with Crippen LogP contribution < -0.4 is 0 Å². The molecule has 1 amide bonds. The van der Waals surface area contributed by atoms with Crippen LogP contribution in [-0.4, -0.2) is 53.7 Å². The Hall–Kier alpha value is -0.610. The predicted molar refractivity (Wildman–Crippen MR) is 78.5 cm³/mol. The average molecular weight is 290 g/mol. The largest absolute Gasteiger partial charge is 0.375 e. The zero-order chi connectivity index (χ0) is 14.0. The number of likely N-dealkylation sites (tertiary alicyclic amines) is 1. The highest BCUT2D eigenvalue weighted by Gasteiger charge is 2.62. The van der Waals surface area contributed by atoms with Gasteiger partial charge in [0, 0.05) is 18.6 Å². The molecular formula is C17H26N2O2. The summed E-state index contributed by atoms with van der Waals surface area (Å²) < 4.78 is 5.96. The van der Waals surface area contributed by atoms with Crippen molar-refractivity contribution in [1.82, 2.24) is 9.80 Å². The topological polar surface area (TPSA) is 32.8 Å². The first-order chi connectivity index (χ1) is 10.3. The molecule has 4 heteroatoms. The van der Waals surface area contributed by atoms with Gasteiger partial charge in [-0.3, -0.25) is 9.69 Å². The standard InChI is InChI=1S/C17H26N2O2/c20-17-15-11-5-6-12(9-11)16(15)19(17)10-18-7-8-21-14-4-2-1-3-13(14)18/h11-16H,1-10H2. The molecule has 2 bridgehead atoms. The van der Waals surface area contributed by atoms with Crippen LogP contribution in [0.1, 0.15) is 44.9 Å². The Morgan fingerprint density at radius 2 is 1.95 bits per heavy atom. The second kappa shape index (κ2) is 4.69. The number of nitrogens with zero attached hydrogens (tertiary/aromatic N) is 2. The van der Waals surface area contributed by atoms with Gasteiger partial charge in [0.25, 0.3) is 0 Å². The number of carbonyl (C=O) groups is 1. The van der Waals surface area contributed by atoms with Crippen molar-refractivity contribution in [3.05, 3.63) is 0 Å². The first-order valence-corrected chi connectivity index (χ1v) is 8.99. The molecule has 0 spiro atoms. The molecule has 4 nitrogen and oxygen atoms in total. The average Bonchev–Trinajstić information content (AvgIpc) is 3.11. The first kappa shape index (κ1) is 12.9. The predicted octanol–water partition coefficient (Wildman–Crippen LogP) is 1.84. The van der Waals surface area contributed by atoms with E-state index in [9.17, 15) is 4.79 Å². The number of hydrogen-bond donors (Lipinski definition) is 0. The van der Waals surface area contributed by atoms with Gasteiger partial charge in [-0.2, -0.15) is 0 Å². The smallest absolute Gasteiger partial charge is 0.229 e. The lowest BCUT2D eigenvalue weighted by atomic mass is 9.76. The summed E-state index contributed by atoms with van der Waals surface area (Å²) in [6.07, 6.45) is 9.54. The maximum Gasteiger partial charge on any atom is 0.229 e. The maximum absolute atomic E-state index is 12.5. The second-order valence-corrected chi connectivity index (χ2v) is 7.87. The molecule has 6 unspecified atom stereocenters. The summed E-state index contributed by atoms with van der Waals surface area (Å²) in [5.41, 5.74) is 0. The summed E-state index contributed by atoms with van der Waals surface area (Å²) in [6, 6.07) is 1.17. The number of β-lactam (4-membered cyclic amide) rings is 1. The van der Waals surface area contributed by atoms with Crippen LogP contribution in [0.25, 0.3) is 0 Å². The fourth-order valence-electron chi connectivity index (χ4n) is 6.03. The Kier molecular flexibility index (Phi) is 2.88. The Bertz CT molecular complexity index is 452. The lowest BCUT2D eigenvalue weighted by Crippen LogP contribution is -2.67. The van der Waals surface area contributed by atoms with Gasteiger partial charge in [0.15, 0.2) is 0 Å². The van der Waals surface area contributed by atoms with Crippen LogP contribution in [0.4, 0.5) is 0 Å². The van der Waals surface area contributed by atoms with Gasteiger partial charge < -0.3 is 9.64 Å². The molecule has 0 aromatic rings. The zero-order valence-corrected chi connectivity index (χ0v) is 12.7. The fraction of sp³-hybridized carbons (Fsp3) is 0.941. The molecule has 0 aromatic carbocycles. The van der Waals surface area contributed by atoms with Gasteiger partial charge >= 0.3 is 0 Å². The molecule has 2 heterocycles. The number of carbonyl (C=O) groups excluding carboxylic acids is 1. The molecule has 5 fully saturated rings. The summed E-state index contributed by atoms with van der Waals surface area (Å²) in [6.45, 7) is 2.74. The quantitative estimate of drug-likeness (QED) is 0.728. The molecule has 3 aliphatic carbocycles. The van der Waals surface area contributed by atoms with Crippen LogP contribution >= 0.6 is 0 Å². The number of rotatable bonds is 2. The molecular weight excluding hydrogens is 264 g/mol. The van der Waals surface area contributed by atoms with Gasteiger partial charge in [-0.05, 0) is 43.9 Å². The Morgan fingerprint density at radius 1 is 1.10 bits per heavy atom. The second-order valence-electron chi connectivity index (χ2n) is 7.87. The summed E-state index contributed by atoms with van der Waals surface area (Å²) in [4.78, 5) is 17.3. The number of morpholine rings is 1. The Labute approximate surface area is 126 Å². The zero-order valence-electron chi connectivity index (χ0n) is 12.7. The van der Waals surface area contributed by atoms with Crippen molar-refractivity contribution >= 4 is 5.91 Å². The molecule has 21 heavy (non-hydrogen) atoms. The molecule has 2 saturated heterocycles. The molecule has 3 saturated carbocycles. The van der Waals surface area contributed by atoms with Gasteiger partial charge in [0.05, 0.1) is 25.3 Å². The van der Waals surface area contributed by atoms with Crippen molar-refractivity contribution in [3.8, 4) is 0 Å². The van der Waals surface area contributed by atoms with E-state index in [4.69, 9.17) is 4.74 Å². The highest BCUT2D eigenvalue weighted by molar-refractivity contribution is 5.87. The minimum absolute atomic E-state index is 0.409. The normalized spacial score (nSPS) is 49.0. The summed E-state index contributed by atoms with van der Waals surface area (Å²) in [5.74, 6) is 2.43. The SMILES string of the molecule is O=C1C2C3CCC(C3)C2N1CN1CCOC2CCCCC21. The van der Waals surface area contributed by atoms with Crippen LogP contribution in [0.15, 0.2) is 0 Å². The van der Waals surface area contributed by atoms with E-state index in [0.717, 1.165) is 31.7 Å². The molecule has 0 N–H and O–H groups in total. The maximum atomic E-state index is 12.5. The van der Waals surface area contributed by atoms with Gasteiger partial charge in [0.2, 0.25) is 5.91 Å². The number of amides is 1. The highest BCUT2D eigenvalue weighted by Crippen LogP contribution is 2.56. The number of ether oxygens (including phenoxy) is 1. The molecule has 0 radical (unpaired) electrons. The van der Waals surface area contributed by atoms with E-state index in [1.54, 1.807) is 0 Å². The van der Waals surface area contributed by atoms with E-state index < -0.39 is 0 Å². The van der Waals surface area contributed by atoms with Crippen LogP contribution in [-0.2, 0) is 9.53 Å². The van der Waals surface area contributed by atoms with Gasteiger partial charge in [0.1, 0.15) is 0 Å². The molecule has 6 atom stereocenters. The molecule has 2 aliphatic heterocycles. The van der Waals surface area contributed by atoms with Crippen LogP contribution in [0.2, 0.25) is 0 Å². The van der Waals surface area contributed by atoms with Gasteiger partial charge in [-0.25, -0.2) is 0 Å². The highest BCUT2D eigenvalue weighted by atomic mass is 16.5. The van der Waals surface area contributed by atoms with Crippen molar-refractivity contribution in [2.45, 2.75) is 63.1 Å².